The Bertz CT molecular complexity index is 349. The molecular weight excluding hydrogens is 173 g/mol. The van der Waals surface area contributed by atoms with E-state index in [9.17, 15) is 14.0 Å². The predicted molar refractivity (Wildman–Crippen MR) is 46.1 cm³/mol. The van der Waals surface area contributed by atoms with Gasteiger partial charge in [0.2, 0.25) is 5.91 Å². The molecule has 1 rings (SSSR count). The van der Waals surface area contributed by atoms with Gasteiger partial charge in [0.1, 0.15) is 12.1 Å². The molecule has 0 spiro atoms. The fourth-order valence-corrected chi connectivity index (χ4v) is 0.902. The van der Waals surface area contributed by atoms with Crippen LogP contribution in [-0.4, -0.2) is 12.2 Å². The van der Waals surface area contributed by atoms with E-state index in [2.05, 4.69) is 5.32 Å². The molecule has 0 bridgehead atoms. The minimum atomic E-state index is -0.555. The van der Waals surface area contributed by atoms with Crippen molar-refractivity contribution in [3.05, 3.63) is 29.6 Å². The van der Waals surface area contributed by atoms with E-state index in [1.165, 1.54) is 19.1 Å². The number of carbonyl (C=O) groups excluding carboxylic acids is 2. The third kappa shape index (κ3) is 2.37. The van der Waals surface area contributed by atoms with Gasteiger partial charge in [-0.3, -0.25) is 9.59 Å². The molecule has 0 unspecified atom stereocenters. The van der Waals surface area contributed by atoms with Gasteiger partial charge in [0.05, 0.1) is 5.69 Å². The largest absolute Gasteiger partial charge is 0.324 e. The number of aldehydes is 1. The van der Waals surface area contributed by atoms with Crippen molar-refractivity contribution >= 4 is 17.9 Å². The SMILES string of the molecule is CC(=O)Nc1cc(C=O)ccc1F. The summed E-state index contributed by atoms with van der Waals surface area (Å²) in [5.41, 5.74) is 0.349. The number of hydrogen-bond donors (Lipinski definition) is 1. The molecule has 68 valence electrons. The maximum Gasteiger partial charge on any atom is 0.221 e. The van der Waals surface area contributed by atoms with Gasteiger partial charge in [-0.2, -0.15) is 0 Å². The highest BCUT2D eigenvalue weighted by Gasteiger charge is 2.03. The van der Waals surface area contributed by atoms with Crippen molar-refractivity contribution < 1.29 is 14.0 Å². The summed E-state index contributed by atoms with van der Waals surface area (Å²) in [6, 6.07) is 3.76. The molecule has 1 aromatic rings. The van der Waals surface area contributed by atoms with Crippen molar-refractivity contribution in [2.24, 2.45) is 0 Å². The van der Waals surface area contributed by atoms with Crippen molar-refractivity contribution in [3.63, 3.8) is 0 Å². The van der Waals surface area contributed by atoms with E-state index in [1.54, 1.807) is 0 Å². The Balaban J connectivity index is 3.03. The lowest BCUT2D eigenvalue weighted by atomic mass is 10.2. The van der Waals surface area contributed by atoms with Crippen molar-refractivity contribution in [3.8, 4) is 0 Å². The number of halogens is 1. The van der Waals surface area contributed by atoms with Gasteiger partial charge in [-0.1, -0.05) is 0 Å². The first-order chi connectivity index (χ1) is 6.13. The number of carbonyl (C=O) groups is 2. The van der Waals surface area contributed by atoms with E-state index in [1.807, 2.05) is 0 Å². The third-order valence-corrected chi connectivity index (χ3v) is 1.44. The smallest absolute Gasteiger partial charge is 0.221 e. The number of rotatable bonds is 2. The Kier molecular flexibility index (Phi) is 2.74. The minimum absolute atomic E-state index is 0.0251. The number of amides is 1. The van der Waals surface area contributed by atoms with Crippen molar-refractivity contribution in [1.29, 1.82) is 0 Å². The summed E-state index contributed by atoms with van der Waals surface area (Å²) in [6.07, 6.45) is 0.588. The van der Waals surface area contributed by atoms with Crippen molar-refractivity contribution in [1.82, 2.24) is 0 Å². The Morgan fingerprint density at radius 3 is 2.77 bits per heavy atom. The van der Waals surface area contributed by atoms with Gasteiger partial charge in [0, 0.05) is 12.5 Å². The van der Waals surface area contributed by atoms with Gasteiger partial charge in [-0.05, 0) is 18.2 Å². The summed E-state index contributed by atoms with van der Waals surface area (Å²) in [5, 5.41) is 2.27. The summed E-state index contributed by atoms with van der Waals surface area (Å²) < 4.78 is 12.9. The molecule has 0 saturated carbocycles. The van der Waals surface area contributed by atoms with Crippen LogP contribution in [-0.2, 0) is 4.79 Å². The molecule has 13 heavy (non-hydrogen) atoms. The minimum Gasteiger partial charge on any atom is -0.324 e. The van der Waals surface area contributed by atoms with Crippen LogP contribution in [0.5, 0.6) is 0 Å². The van der Waals surface area contributed by atoms with Gasteiger partial charge in [0.25, 0.3) is 0 Å². The van der Waals surface area contributed by atoms with E-state index in [-0.39, 0.29) is 11.6 Å². The summed E-state index contributed by atoms with van der Waals surface area (Å²) >= 11 is 0. The first-order valence-corrected chi connectivity index (χ1v) is 3.66. The molecule has 0 saturated heterocycles. The Labute approximate surface area is 74.6 Å². The predicted octanol–water partition coefficient (Wildman–Crippen LogP) is 1.60. The highest BCUT2D eigenvalue weighted by atomic mass is 19.1. The Morgan fingerprint density at radius 2 is 2.23 bits per heavy atom. The van der Waals surface area contributed by atoms with E-state index >= 15 is 0 Å². The van der Waals surface area contributed by atoms with Crippen molar-refractivity contribution in [2.75, 3.05) is 5.32 Å². The first kappa shape index (κ1) is 9.38. The van der Waals surface area contributed by atoms with Crippen LogP contribution >= 0.6 is 0 Å². The fraction of sp³-hybridized carbons (Fsp3) is 0.111. The van der Waals surface area contributed by atoms with E-state index in [0.717, 1.165) is 6.07 Å². The van der Waals surface area contributed by atoms with Gasteiger partial charge in [-0.15, -0.1) is 0 Å². The second-order valence-electron chi connectivity index (χ2n) is 2.54. The zero-order chi connectivity index (χ0) is 9.84. The molecule has 1 N–H and O–H groups in total. The second kappa shape index (κ2) is 3.80. The summed E-state index contributed by atoms with van der Waals surface area (Å²) in [7, 11) is 0. The Hall–Kier alpha value is -1.71. The standard InChI is InChI=1S/C9H8FNO2/c1-6(13)11-9-4-7(5-12)2-3-8(9)10/h2-5H,1H3,(H,11,13). The topological polar surface area (TPSA) is 46.2 Å². The van der Waals surface area contributed by atoms with E-state index < -0.39 is 5.82 Å². The van der Waals surface area contributed by atoms with Gasteiger partial charge in [-0.25, -0.2) is 4.39 Å². The molecule has 0 aromatic heterocycles. The van der Waals surface area contributed by atoms with Crippen LogP contribution in [0, 0.1) is 5.82 Å². The average molecular weight is 181 g/mol. The van der Waals surface area contributed by atoms with Crippen LogP contribution in [0.15, 0.2) is 18.2 Å². The molecule has 0 heterocycles. The van der Waals surface area contributed by atoms with Crippen LogP contribution in [0.3, 0.4) is 0 Å². The van der Waals surface area contributed by atoms with Gasteiger partial charge >= 0.3 is 0 Å². The van der Waals surface area contributed by atoms with Gasteiger partial charge in [0.15, 0.2) is 0 Å². The molecule has 0 aliphatic carbocycles. The molecule has 0 fully saturated rings. The zero-order valence-corrected chi connectivity index (χ0v) is 7.00. The molecule has 1 aromatic carbocycles. The molecule has 0 radical (unpaired) electrons. The summed E-state index contributed by atoms with van der Waals surface area (Å²) in [6.45, 7) is 1.27. The molecule has 4 heteroatoms. The number of hydrogen-bond acceptors (Lipinski definition) is 2. The molecule has 0 aliphatic rings. The maximum absolute atomic E-state index is 12.9. The maximum atomic E-state index is 12.9. The monoisotopic (exact) mass is 181 g/mol. The third-order valence-electron chi connectivity index (χ3n) is 1.44. The zero-order valence-electron chi connectivity index (χ0n) is 7.00. The quantitative estimate of drug-likeness (QED) is 0.704. The van der Waals surface area contributed by atoms with Crippen LogP contribution in [0.1, 0.15) is 17.3 Å². The first-order valence-electron chi connectivity index (χ1n) is 3.66. The van der Waals surface area contributed by atoms with E-state index in [0.29, 0.717) is 11.8 Å². The lowest BCUT2D eigenvalue weighted by Crippen LogP contribution is -2.07. The molecular formula is C9H8FNO2. The second-order valence-corrected chi connectivity index (χ2v) is 2.54. The highest BCUT2D eigenvalue weighted by molar-refractivity contribution is 5.90. The summed E-state index contributed by atoms with van der Waals surface area (Å²) in [4.78, 5) is 20.9. The molecule has 1 amide bonds. The number of benzene rings is 1. The van der Waals surface area contributed by atoms with Crippen molar-refractivity contribution in [2.45, 2.75) is 6.92 Å². The molecule has 0 aliphatic heterocycles. The number of anilines is 1. The average Bonchev–Trinajstić information content (AvgIpc) is 2.08. The fourth-order valence-electron chi connectivity index (χ4n) is 0.902. The van der Waals surface area contributed by atoms with Crippen LogP contribution < -0.4 is 5.32 Å². The highest BCUT2D eigenvalue weighted by Crippen LogP contribution is 2.14. The molecule has 0 atom stereocenters. The lowest BCUT2D eigenvalue weighted by molar-refractivity contribution is -0.114. The van der Waals surface area contributed by atoms with Crippen LogP contribution in [0.2, 0.25) is 0 Å². The van der Waals surface area contributed by atoms with Crippen LogP contribution in [0.25, 0.3) is 0 Å². The molecule has 3 nitrogen and oxygen atoms in total. The lowest BCUT2D eigenvalue weighted by Gasteiger charge is -2.03. The van der Waals surface area contributed by atoms with Crippen LogP contribution in [0.4, 0.5) is 10.1 Å². The van der Waals surface area contributed by atoms with Gasteiger partial charge < -0.3 is 5.32 Å². The normalized spacial score (nSPS) is 9.38. The number of nitrogens with one attached hydrogen (secondary N) is 1. The Morgan fingerprint density at radius 1 is 1.54 bits per heavy atom. The van der Waals surface area contributed by atoms with E-state index in [4.69, 9.17) is 0 Å². The summed E-state index contributed by atoms with van der Waals surface area (Å²) in [5.74, 6) is -0.928.